The maximum atomic E-state index is 12.9. The number of furan rings is 1. The molecule has 0 unspecified atom stereocenters. The van der Waals surface area contributed by atoms with Crippen LogP contribution in [-0.4, -0.2) is 37.4 Å². The Labute approximate surface area is 155 Å². The van der Waals surface area contributed by atoms with Crippen LogP contribution in [0.2, 0.25) is 0 Å². The van der Waals surface area contributed by atoms with Crippen LogP contribution >= 0.6 is 0 Å². The number of anilines is 1. The summed E-state index contributed by atoms with van der Waals surface area (Å²) in [5, 5.41) is 3.42. The fourth-order valence-electron chi connectivity index (χ4n) is 2.75. The molecule has 0 atom stereocenters. The number of nitrogens with zero attached hydrogens (tertiary/aromatic N) is 1. The molecule has 0 aliphatic rings. The van der Waals surface area contributed by atoms with E-state index in [2.05, 4.69) is 5.32 Å². The van der Waals surface area contributed by atoms with Crippen molar-refractivity contribution >= 4 is 28.5 Å². The van der Waals surface area contributed by atoms with E-state index in [0.29, 0.717) is 16.8 Å². The Morgan fingerprint density at radius 2 is 1.85 bits per heavy atom. The number of fused-ring (bicyclic) bond motifs is 1. The normalized spacial score (nSPS) is 10.8. The highest BCUT2D eigenvalue weighted by atomic mass is 19.1. The molecule has 1 N–H and O–H groups in total. The third-order valence-electron chi connectivity index (χ3n) is 4.04. The standard InChI is InChI=1S/C20H19FN2O4/c1-23(11-18(24)22-14-9-7-13(21)8-10-14)20(25)19-16(12-26-2)15-5-3-4-6-17(15)27-19/h3-10H,11-12H2,1-2H3,(H,22,24). The number of nitrogens with one attached hydrogen (secondary N) is 1. The largest absolute Gasteiger partial charge is 0.451 e. The van der Waals surface area contributed by atoms with Crippen LogP contribution in [0.4, 0.5) is 10.1 Å². The molecule has 0 bridgehead atoms. The molecule has 0 saturated heterocycles. The molecular formula is C20H19FN2O4. The molecule has 0 aliphatic heterocycles. The first-order valence-electron chi connectivity index (χ1n) is 8.30. The summed E-state index contributed by atoms with van der Waals surface area (Å²) >= 11 is 0. The van der Waals surface area contributed by atoms with Crippen molar-refractivity contribution < 1.29 is 23.1 Å². The lowest BCUT2D eigenvalue weighted by Crippen LogP contribution is -2.35. The summed E-state index contributed by atoms with van der Waals surface area (Å²) in [7, 11) is 3.05. The quantitative estimate of drug-likeness (QED) is 0.722. The van der Waals surface area contributed by atoms with Gasteiger partial charge in [-0.2, -0.15) is 0 Å². The number of benzene rings is 2. The molecule has 1 heterocycles. The number of carbonyl (C=O) groups is 2. The second-order valence-electron chi connectivity index (χ2n) is 6.06. The lowest BCUT2D eigenvalue weighted by molar-refractivity contribution is -0.116. The highest BCUT2D eigenvalue weighted by Gasteiger charge is 2.24. The Hall–Kier alpha value is -3.19. The van der Waals surface area contributed by atoms with Crippen LogP contribution in [0.1, 0.15) is 16.1 Å². The Morgan fingerprint density at radius 1 is 1.15 bits per heavy atom. The lowest BCUT2D eigenvalue weighted by atomic mass is 10.1. The van der Waals surface area contributed by atoms with E-state index in [1.165, 1.54) is 43.3 Å². The third kappa shape index (κ3) is 4.15. The van der Waals surface area contributed by atoms with E-state index >= 15 is 0 Å². The minimum absolute atomic E-state index is 0.148. The molecule has 0 spiro atoms. The van der Waals surface area contributed by atoms with E-state index in [0.717, 1.165) is 5.39 Å². The molecule has 0 saturated carbocycles. The summed E-state index contributed by atoms with van der Waals surface area (Å²) in [5.74, 6) is -1.07. The van der Waals surface area contributed by atoms with Crippen LogP contribution in [-0.2, 0) is 16.1 Å². The summed E-state index contributed by atoms with van der Waals surface area (Å²) in [6.07, 6.45) is 0. The van der Waals surface area contributed by atoms with Gasteiger partial charge in [-0.15, -0.1) is 0 Å². The number of ether oxygens (including phenoxy) is 1. The molecule has 140 valence electrons. The van der Waals surface area contributed by atoms with Gasteiger partial charge >= 0.3 is 0 Å². The van der Waals surface area contributed by atoms with Crippen LogP contribution in [0.15, 0.2) is 52.9 Å². The minimum Gasteiger partial charge on any atom is -0.451 e. The zero-order chi connectivity index (χ0) is 19.4. The van der Waals surface area contributed by atoms with Gasteiger partial charge in [0.2, 0.25) is 5.91 Å². The first-order valence-corrected chi connectivity index (χ1v) is 8.30. The molecule has 1 aromatic heterocycles. The summed E-state index contributed by atoms with van der Waals surface area (Å²) in [5.41, 5.74) is 1.67. The van der Waals surface area contributed by atoms with Crippen molar-refractivity contribution in [1.82, 2.24) is 4.90 Å². The van der Waals surface area contributed by atoms with Gasteiger partial charge in [0.25, 0.3) is 5.91 Å². The van der Waals surface area contributed by atoms with Crippen molar-refractivity contribution in [2.45, 2.75) is 6.61 Å². The van der Waals surface area contributed by atoms with Crippen molar-refractivity contribution in [3.63, 3.8) is 0 Å². The van der Waals surface area contributed by atoms with Crippen LogP contribution in [0.5, 0.6) is 0 Å². The van der Waals surface area contributed by atoms with Gasteiger partial charge in [0, 0.05) is 30.8 Å². The van der Waals surface area contributed by atoms with Crippen molar-refractivity contribution in [2.24, 2.45) is 0 Å². The number of hydrogen-bond donors (Lipinski definition) is 1. The summed E-state index contributed by atoms with van der Waals surface area (Å²) in [6.45, 7) is 0.0351. The number of carbonyl (C=O) groups excluding carboxylic acids is 2. The highest BCUT2D eigenvalue weighted by molar-refractivity contribution is 6.01. The number of rotatable bonds is 6. The Balaban J connectivity index is 1.75. The van der Waals surface area contributed by atoms with Crippen molar-refractivity contribution in [3.8, 4) is 0 Å². The molecule has 3 aromatic rings. The zero-order valence-electron chi connectivity index (χ0n) is 15.0. The van der Waals surface area contributed by atoms with Crippen molar-refractivity contribution in [3.05, 3.63) is 65.7 Å². The smallest absolute Gasteiger partial charge is 0.290 e. The number of para-hydroxylation sites is 1. The van der Waals surface area contributed by atoms with Crippen molar-refractivity contribution in [1.29, 1.82) is 0 Å². The van der Waals surface area contributed by atoms with Gasteiger partial charge in [0.05, 0.1) is 13.2 Å². The molecular weight excluding hydrogens is 351 g/mol. The number of methoxy groups -OCH3 is 1. The first-order chi connectivity index (χ1) is 13.0. The van der Waals surface area contributed by atoms with E-state index in [-0.39, 0.29) is 18.9 Å². The summed E-state index contributed by atoms with van der Waals surface area (Å²) in [6, 6.07) is 12.7. The predicted molar refractivity (Wildman–Crippen MR) is 98.9 cm³/mol. The molecule has 6 nitrogen and oxygen atoms in total. The monoisotopic (exact) mass is 370 g/mol. The average molecular weight is 370 g/mol. The van der Waals surface area contributed by atoms with E-state index in [4.69, 9.17) is 9.15 Å². The maximum absolute atomic E-state index is 12.9. The predicted octanol–water partition coefficient (Wildman–Crippen LogP) is 3.43. The lowest BCUT2D eigenvalue weighted by Gasteiger charge is -2.16. The summed E-state index contributed by atoms with van der Waals surface area (Å²) < 4.78 is 23.8. The number of halogens is 1. The first kappa shape index (κ1) is 18.6. The van der Waals surface area contributed by atoms with E-state index in [1.807, 2.05) is 18.2 Å². The van der Waals surface area contributed by atoms with E-state index < -0.39 is 17.6 Å². The molecule has 3 rings (SSSR count). The zero-order valence-corrected chi connectivity index (χ0v) is 15.0. The van der Waals surface area contributed by atoms with Gasteiger partial charge < -0.3 is 19.4 Å². The topological polar surface area (TPSA) is 71.8 Å². The Morgan fingerprint density at radius 3 is 2.56 bits per heavy atom. The molecule has 0 aliphatic carbocycles. The van der Waals surface area contributed by atoms with Crippen LogP contribution in [0.3, 0.4) is 0 Å². The second kappa shape index (κ2) is 8.01. The molecule has 2 amide bonds. The van der Waals surface area contributed by atoms with Gasteiger partial charge in [0.1, 0.15) is 11.4 Å². The Kier molecular flexibility index (Phi) is 5.52. The van der Waals surface area contributed by atoms with Crippen LogP contribution < -0.4 is 5.32 Å². The van der Waals surface area contributed by atoms with Crippen LogP contribution in [0, 0.1) is 5.82 Å². The molecule has 27 heavy (non-hydrogen) atoms. The SMILES string of the molecule is COCc1c(C(=O)N(C)CC(=O)Nc2ccc(F)cc2)oc2ccccc12. The molecule has 0 fully saturated rings. The van der Waals surface area contributed by atoms with Gasteiger partial charge in [-0.25, -0.2) is 4.39 Å². The fraction of sp³-hybridized carbons (Fsp3) is 0.200. The number of hydrogen-bond acceptors (Lipinski definition) is 4. The highest BCUT2D eigenvalue weighted by Crippen LogP contribution is 2.27. The van der Waals surface area contributed by atoms with Crippen LogP contribution in [0.25, 0.3) is 11.0 Å². The molecule has 7 heteroatoms. The average Bonchev–Trinajstić information content (AvgIpc) is 3.02. The van der Waals surface area contributed by atoms with Gasteiger partial charge in [0.15, 0.2) is 5.76 Å². The maximum Gasteiger partial charge on any atom is 0.290 e. The van der Waals surface area contributed by atoms with E-state index in [1.54, 1.807) is 6.07 Å². The molecule has 0 radical (unpaired) electrons. The van der Waals surface area contributed by atoms with Gasteiger partial charge in [-0.1, -0.05) is 18.2 Å². The number of amides is 2. The second-order valence-corrected chi connectivity index (χ2v) is 6.06. The summed E-state index contributed by atoms with van der Waals surface area (Å²) in [4.78, 5) is 26.2. The van der Waals surface area contributed by atoms with E-state index in [9.17, 15) is 14.0 Å². The molecule has 2 aromatic carbocycles. The minimum atomic E-state index is -0.424. The van der Waals surface area contributed by atoms with Crippen molar-refractivity contribution in [2.75, 3.05) is 26.0 Å². The fourth-order valence-corrected chi connectivity index (χ4v) is 2.75. The third-order valence-corrected chi connectivity index (χ3v) is 4.04. The van der Waals surface area contributed by atoms with Gasteiger partial charge in [-0.05, 0) is 30.3 Å². The number of likely N-dealkylation sites (N-methyl/N-ethyl adjacent to an activating group) is 1. The van der Waals surface area contributed by atoms with Gasteiger partial charge in [-0.3, -0.25) is 9.59 Å². The Bertz CT molecular complexity index is 966.